The quantitative estimate of drug-likeness (QED) is 0.530. The van der Waals surface area contributed by atoms with Gasteiger partial charge in [-0.2, -0.15) is 0 Å². The third-order valence-corrected chi connectivity index (χ3v) is 3.08. The van der Waals surface area contributed by atoms with Crippen LogP contribution >= 0.6 is 0 Å². The molecule has 0 bridgehead atoms. The summed E-state index contributed by atoms with van der Waals surface area (Å²) in [7, 11) is 0. The Morgan fingerprint density at radius 1 is 1.36 bits per heavy atom. The molecule has 1 fully saturated rings. The maximum Gasteiger partial charge on any atom is 0.00982 e. The summed E-state index contributed by atoms with van der Waals surface area (Å²) in [6, 6.07) is 0. The van der Waals surface area contributed by atoms with Crippen LogP contribution in [0.4, 0.5) is 0 Å². The standard InChI is InChI=1S/C12H22N2/c1-2-3-4-9-14-10-6-12(5-8-13)7-11-14/h1,12H,3-11,13H2. The van der Waals surface area contributed by atoms with Crippen molar-refractivity contribution in [3.63, 3.8) is 0 Å². The summed E-state index contributed by atoms with van der Waals surface area (Å²) in [5, 5.41) is 0. The minimum Gasteiger partial charge on any atom is -0.330 e. The second-order valence-electron chi connectivity index (χ2n) is 4.17. The van der Waals surface area contributed by atoms with Crippen LogP contribution in [-0.4, -0.2) is 31.1 Å². The van der Waals surface area contributed by atoms with Crippen LogP contribution in [0.2, 0.25) is 0 Å². The molecule has 0 aromatic rings. The summed E-state index contributed by atoms with van der Waals surface area (Å²) in [6.45, 7) is 4.52. The van der Waals surface area contributed by atoms with E-state index < -0.39 is 0 Å². The lowest BCUT2D eigenvalue weighted by Gasteiger charge is -2.31. The lowest BCUT2D eigenvalue weighted by Crippen LogP contribution is -2.34. The van der Waals surface area contributed by atoms with Gasteiger partial charge < -0.3 is 10.6 Å². The van der Waals surface area contributed by atoms with Crippen molar-refractivity contribution in [1.29, 1.82) is 0 Å². The van der Waals surface area contributed by atoms with E-state index in [0.717, 1.165) is 25.3 Å². The van der Waals surface area contributed by atoms with E-state index in [9.17, 15) is 0 Å². The molecular weight excluding hydrogens is 172 g/mol. The Morgan fingerprint density at radius 2 is 2.07 bits per heavy atom. The summed E-state index contributed by atoms with van der Waals surface area (Å²) in [5.74, 6) is 3.57. The Kier molecular flexibility index (Phi) is 5.66. The van der Waals surface area contributed by atoms with E-state index in [1.165, 1.54) is 38.9 Å². The van der Waals surface area contributed by atoms with E-state index >= 15 is 0 Å². The highest BCUT2D eigenvalue weighted by Gasteiger charge is 2.17. The highest BCUT2D eigenvalue weighted by molar-refractivity contribution is 4.83. The average Bonchev–Trinajstić information content (AvgIpc) is 2.21. The van der Waals surface area contributed by atoms with Crippen LogP contribution in [0.15, 0.2) is 0 Å². The van der Waals surface area contributed by atoms with Crippen molar-refractivity contribution in [2.24, 2.45) is 11.7 Å². The van der Waals surface area contributed by atoms with E-state index in [4.69, 9.17) is 12.2 Å². The molecule has 0 spiro atoms. The molecule has 14 heavy (non-hydrogen) atoms. The van der Waals surface area contributed by atoms with Crippen LogP contribution in [0.5, 0.6) is 0 Å². The van der Waals surface area contributed by atoms with Gasteiger partial charge in [-0.15, -0.1) is 12.3 Å². The van der Waals surface area contributed by atoms with Gasteiger partial charge in [-0.3, -0.25) is 0 Å². The summed E-state index contributed by atoms with van der Waals surface area (Å²) in [5.41, 5.74) is 5.56. The number of hydrogen-bond acceptors (Lipinski definition) is 2. The molecule has 1 heterocycles. The van der Waals surface area contributed by atoms with Crippen LogP contribution in [0, 0.1) is 18.3 Å². The van der Waals surface area contributed by atoms with Gasteiger partial charge in [0.1, 0.15) is 0 Å². The average molecular weight is 194 g/mol. The number of piperidine rings is 1. The van der Waals surface area contributed by atoms with Gasteiger partial charge in [0.2, 0.25) is 0 Å². The SMILES string of the molecule is C#CCCCN1CCC(CCN)CC1. The first-order valence-corrected chi connectivity index (χ1v) is 5.72. The third-order valence-electron chi connectivity index (χ3n) is 3.08. The molecule has 0 atom stereocenters. The smallest absolute Gasteiger partial charge is 0.00982 e. The summed E-state index contributed by atoms with van der Waals surface area (Å²) in [6.07, 6.45) is 11.2. The Hall–Kier alpha value is -0.520. The molecular formula is C12H22N2. The zero-order valence-electron chi connectivity index (χ0n) is 9.04. The molecule has 0 unspecified atom stereocenters. The second kappa shape index (κ2) is 6.86. The van der Waals surface area contributed by atoms with Crippen LogP contribution < -0.4 is 5.73 Å². The van der Waals surface area contributed by atoms with E-state index in [-0.39, 0.29) is 0 Å². The Bertz CT molecular complexity index is 175. The number of unbranched alkanes of at least 4 members (excludes halogenated alkanes) is 1. The van der Waals surface area contributed by atoms with Gasteiger partial charge in [-0.05, 0) is 57.8 Å². The second-order valence-corrected chi connectivity index (χ2v) is 4.17. The molecule has 2 N–H and O–H groups in total. The fourth-order valence-electron chi connectivity index (χ4n) is 2.14. The predicted molar refractivity (Wildman–Crippen MR) is 60.9 cm³/mol. The minimum absolute atomic E-state index is 0.849. The van der Waals surface area contributed by atoms with Gasteiger partial charge in [0.25, 0.3) is 0 Å². The first-order valence-electron chi connectivity index (χ1n) is 5.72. The molecule has 2 heteroatoms. The zero-order chi connectivity index (χ0) is 10.2. The van der Waals surface area contributed by atoms with Crippen LogP contribution in [0.1, 0.15) is 32.1 Å². The molecule has 1 rings (SSSR count). The van der Waals surface area contributed by atoms with Gasteiger partial charge in [0, 0.05) is 6.42 Å². The summed E-state index contributed by atoms with van der Waals surface area (Å²) >= 11 is 0. The first-order chi connectivity index (χ1) is 6.86. The number of terminal acetylenes is 1. The van der Waals surface area contributed by atoms with Gasteiger partial charge >= 0.3 is 0 Å². The molecule has 2 nitrogen and oxygen atoms in total. The number of nitrogens with two attached hydrogens (primary N) is 1. The van der Waals surface area contributed by atoms with Crippen LogP contribution in [0.3, 0.4) is 0 Å². The monoisotopic (exact) mass is 194 g/mol. The maximum absolute atomic E-state index is 5.56. The Morgan fingerprint density at radius 3 is 2.64 bits per heavy atom. The van der Waals surface area contributed by atoms with Crippen LogP contribution in [-0.2, 0) is 0 Å². The fourth-order valence-corrected chi connectivity index (χ4v) is 2.14. The van der Waals surface area contributed by atoms with Crippen molar-refractivity contribution in [3.8, 4) is 12.3 Å². The van der Waals surface area contributed by atoms with Gasteiger partial charge in [0.15, 0.2) is 0 Å². The maximum atomic E-state index is 5.56. The summed E-state index contributed by atoms with van der Waals surface area (Å²) < 4.78 is 0. The highest BCUT2D eigenvalue weighted by atomic mass is 15.1. The molecule has 80 valence electrons. The minimum atomic E-state index is 0.849. The molecule has 0 amide bonds. The van der Waals surface area contributed by atoms with E-state index in [2.05, 4.69) is 10.8 Å². The molecule has 1 saturated heterocycles. The van der Waals surface area contributed by atoms with Crippen molar-refractivity contribution >= 4 is 0 Å². The van der Waals surface area contributed by atoms with E-state index in [1.807, 2.05) is 0 Å². The van der Waals surface area contributed by atoms with Gasteiger partial charge in [-0.25, -0.2) is 0 Å². The molecule has 0 aromatic carbocycles. The number of rotatable bonds is 5. The highest BCUT2D eigenvalue weighted by Crippen LogP contribution is 2.19. The van der Waals surface area contributed by atoms with Crippen molar-refractivity contribution in [1.82, 2.24) is 4.90 Å². The summed E-state index contributed by atoms with van der Waals surface area (Å²) in [4.78, 5) is 2.53. The van der Waals surface area contributed by atoms with Crippen LogP contribution in [0.25, 0.3) is 0 Å². The largest absolute Gasteiger partial charge is 0.330 e. The Labute approximate surface area is 87.8 Å². The normalized spacial score (nSPS) is 19.4. The number of likely N-dealkylation sites (tertiary alicyclic amines) is 1. The molecule has 1 aliphatic heterocycles. The molecule has 0 aromatic heterocycles. The van der Waals surface area contributed by atoms with E-state index in [0.29, 0.717) is 0 Å². The van der Waals surface area contributed by atoms with Crippen molar-refractivity contribution < 1.29 is 0 Å². The lowest BCUT2D eigenvalue weighted by atomic mass is 9.93. The lowest BCUT2D eigenvalue weighted by molar-refractivity contribution is 0.179. The van der Waals surface area contributed by atoms with E-state index in [1.54, 1.807) is 0 Å². The fraction of sp³-hybridized carbons (Fsp3) is 0.833. The van der Waals surface area contributed by atoms with Gasteiger partial charge in [0.05, 0.1) is 0 Å². The number of nitrogens with zero attached hydrogens (tertiary/aromatic N) is 1. The topological polar surface area (TPSA) is 29.3 Å². The molecule has 1 aliphatic rings. The van der Waals surface area contributed by atoms with Crippen molar-refractivity contribution in [2.75, 3.05) is 26.2 Å². The van der Waals surface area contributed by atoms with Gasteiger partial charge in [-0.1, -0.05) is 0 Å². The van der Waals surface area contributed by atoms with Crippen molar-refractivity contribution in [3.05, 3.63) is 0 Å². The molecule has 0 aliphatic carbocycles. The van der Waals surface area contributed by atoms with Crippen molar-refractivity contribution in [2.45, 2.75) is 32.1 Å². The third kappa shape index (κ3) is 4.13. The Balaban J connectivity index is 2.07. The molecule has 0 radical (unpaired) electrons. The first kappa shape index (κ1) is 11.6. The predicted octanol–water partition coefficient (Wildman–Crippen LogP) is 1.46. The number of hydrogen-bond donors (Lipinski definition) is 1. The molecule has 0 saturated carbocycles. The zero-order valence-corrected chi connectivity index (χ0v) is 9.04.